The first-order chi connectivity index (χ1) is 6.27. The van der Waals surface area contributed by atoms with Crippen LogP contribution in [0.25, 0.3) is 10.9 Å². The number of amides is 1. The molecule has 1 aromatic carbocycles. The second kappa shape index (κ2) is 2.86. The van der Waals surface area contributed by atoms with Gasteiger partial charge in [-0.1, -0.05) is 18.2 Å². The molecule has 2 N–H and O–H groups in total. The van der Waals surface area contributed by atoms with E-state index >= 15 is 0 Å². The normalized spacial score (nSPS) is 10.2. The SMILES string of the molecule is NC(=O)c1cnc2ccccc2c1. The molecule has 3 nitrogen and oxygen atoms in total. The summed E-state index contributed by atoms with van der Waals surface area (Å²) >= 11 is 0. The maximum absolute atomic E-state index is 10.8. The van der Waals surface area contributed by atoms with Crippen LogP contribution in [-0.2, 0) is 0 Å². The highest BCUT2D eigenvalue weighted by atomic mass is 16.1. The van der Waals surface area contributed by atoms with Crippen molar-refractivity contribution in [3.63, 3.8) is 0 Å². The smallest absolute Gasteiger partial charge is 0.250 e. The third kappa shape index (κ3) is 1.36. The molecule has 2 rings (SSSR count). The summed E-state index contributed by atoms with van der Waals surface area (Å²) < 4.78 is 0. The second-order valence-electron chi connectivity index (χ2n) is 2.78. The molecule has 0 atom stereocenters. The van der Waals surface area contributed by atoms with Crippen LogP contribution in [0, 0.1) is 0 Å². The Balaban J connectivity index is 2.69. The minimum Gasteiger partial charge on any atom is -0.366 e. The van der Waals surface area contributed by atoms with Gasteiger partial charge in [0.25, 0.3) is 0 Å². The maximum Gasteiger partial charge on any atom is 0.250 e. The molecular formula is C10H8N2O. The summed E-state index contributed by atoms with van der Waals surface area (Å²) in [6.45, 7) is 0. The predicted molar refractivity (Wildman–Crippen MR) is 50.3 cm³/mol. The molecule has 0 unspecified atom stereocenters. The lowest BCUT2D eigenvalue weighted by Gasteiger charge is -1.97. The lowest BCUT2D eigenvalue weighted by molar-refractivity contribution is 0.1000. The van der Waals surface area contributed by atoms with E-state index < -0.39 is 5.91 Å². The number of nitrogens with zero attached hydrogens (tertiary/aromatic N) is 1. The molecule has 13 heavy (non-hydrogen) atoms. The molecule has 1 aromatic heterocycles. The standard InChI is InChI=1S/C10H8N2O/c11-10(13)8-5-7-3-1-2-4-9(7)12-6-8/h1-6H,(H2,11,13). The summed E-state index contributed by atoms with van der Waals surface area (Å²) in [6, 6.07) is 9.33. The van der Waals surface area contributed by atoms with Gasteiger partial charge in [-0.2, -0.15) is 0 Å². The van der Waals surface area contributed by atoms with Crippen LogP contribution in [0.5, 0.6) is 0 Å². The van der Waals surface area contributed by atoms with Crippen molar-refractivity contribution in [1.29, 1.82) is 0 Å². The van der Waals surface area contributed by atoms with Crippen LogP contribution in [0.2, 0.25) is 0 Å². The molecule has 0 saturated carbocycles. The van der Waals surface area contributed by atoms with Crippen molar-refractivity contribution >= 4 is 16.8 Å². The van der Waals surface area contributed by atoms with Crippen LogP contribution in [0.15, 0.2) is 36.5 Å². The van der Waals surface area contributed by atoms with Crippen LogP contribution < -0.4 is 5.73 Å². The number of aromatic nitrogens is 1. The quantitative estimate of drug-likeness (QED) is 0.705. The van der Waals surface area contributed by atoms with Crippen LogP contribution >= 0.6 is 0 Å². The third-order valence-corrected chi connectivity index (χ3v) is 1.87. The summed E-state index contributed by atoms with van der Waals surface area (Å²) in [5, 5.41) is 0.929. The van der Waals surface area contributed by atoms with E-state index in [2.05, 4.69) is 4.98 Å². The van der Waals surface area contributed by atoms with Gasteiger partial charge < -0.3 is 5.73 Å². The molecule has 3 heteroatoms. The van der Waals surface area contributed by atoms with Crippen molar-refractivity contribution in [1.82, 2.24) is 4.98 Å². The van der Waals surface area contributed by atoms with Gasteiger partial charge >= 0.3 is 0 Å². The Labute approximate surface area is 75.2 Å². The molecule has 0 aliphatic heterocycles. The number of fused-ring (bicyclic) bond motifs is 1. The van der Waals surface area contributed by atoms with E-state index in [0.717, 1.165) is 10.9 Å². The Morgan fingerprint density at radius 1 is 1.31 bits per heavy atom. The highest BCUT2D eigenvalue weighted by molar-refractivity contribution is 5.96. The minimum atomic E-state index is -0.446. The zero-order valence-electron chi connectivity index (χ0n) is 6.90. The number of carbonyl (C=O) groups is 1. The fourth-order valence-corrected chi connectivity index (χ4v) is 1.21. The van der Waals surface area contributed by atoms with Gasteiger partial charge in [-0.05, 0) is 12.1 Å². The van der Waals surface area contributed by atoms with E-state index in [-0.39, 0.29) is 0 Å². The zero-order chi connectivity index (χ0) is 9.26. The summed E-state index contributed by atoms with van der Waals surface area (Å²) in [5.74, 6) is -0.446. The van der Waals surface area contributed by atoms with Crippen molar-refractivity contribution in [2.75, 3.05) is 0 Å². The van der Waals surface area contributed by atoms with Crippen LogP contribution in [0.1, 0.15) is 10.4 Å². The zero-order valence-corrected chi connectivity index (χ0v) is 6.90. The number of rotatable bonds is 1. The molecule has 0 fully saturated rings. The van der Waals surface area contributed by atoms with E-state index in [9.17, 15) is 4.79 Å². The van der Waals surface area contributed by atoms with Gasteiger partial charge in [0, 0.05) is 11.6 Å². The molecule has 64 valence electrons. The number of para-hydroxylation sites is 1. The highest BCUT2D eigenvalue weighted by Crippen LogP contribution is 2.11. The van der Waals surface area contributed by atoms with Crippen LogP contribution in [-0.4, -0.2) is 10.9 Å². The molecule has 1 amide bonds. The second-order valence-corrected chi connectivity index (χ2v) is 2.78. The maximum atomic E-state index is 10.8. The molecule has 1 heterocycles. The summed E-state index contributed by atoms with van der Waals surface area (Å²) in [6.07, 6.45) is 1.49. The monoisotopic (exact) mass is 172 g/mol. The number of pyridine rings is 1. The van der Waals surface area contributed by atoms with Gasteiger partial charge in [0.05, 0.1) is 11.1 Å². The van der Waals surface area contributed by atoms with E-state index in [1.165, 1.54) is 6.20 Å². The number of benzene rings is 1. The molecule has 0 aliphatic carbocycles. The van der Waals surface area contributed by atoms with Crippen LogP contribution in [0.4, 0.5) is 0 Å². The van der Waals surface area contributed by atoms with Crippen molar-refractivity contribution in [3.8, 4) is 0 Å². The average molecular weight is 172 g/mol. The Bertz CT molecular complexity index is 465. The van der Waals surface area contributed by atoms with Crippen molar-refractivity contribution in [2.24, 2.45) is 5.73 Å². The largest absolute Gasteiger partial charge is 0.366 e. The van der Waals surface area contributed by atoms with Gasteiger partial charge in [-0.3, -0.25) is 9.78 Å². The number of hydrogen-bond donors (Lipinski definition) is 1. The summed E-state index contributed by atoms with van der Waals surface area (Å²) in [5.41, 5.74) is 6.44. The fraction of sp³-hybridized carbons (Fsp3) is 0. The predicted octanol–water partition coefficient (Wildman–Crippen LogP) is 1.33. The Kier molecular flexibility index (Phi) is 1.70. The Hall–Kier alpha value is -1.90. The van der Waals surface area contributed by atoms with E-state index in [4.69, 9.17) is 5.73 Å². The summed E-state index contributed by atoms with van der Waals surface area (Å²) in [4.78, 5) is 14.9. The first-order valence-electron chi connectivity index (χ1n) is 3.92. The molecule has 0 saturated heterocycles. The average Bonchev–Trinajstić information content (AvgIpc) is 2.17. The van der Waals surface area contributed by atoms with E-state index in [1.807, 2.05) is 24.3 Å². The van der Waals surface area contributed by atoms with E-state index in [1.54, 1.807) is 6.07 Å². The summed E-state index contributed by atoms with van der Waals surface area (Å²) in [7, 11) is 0. The van der Waals surface area contributed by atoms with Gasteiger partial charge in [0.1, 0.15) is 0 Å². The molecule has 0 radical (unpaired) electrons. The lowest BCUT2D eigenvalue weighted by atomic mass is 10.1. The molecule has 0 aliphatic rings. The molecular weight excluding hydrogens is 164 g/mol. The number of hydrogen-bond acceptors (Lipinski definition) is 2. The number of carbonyl (C=O) groups excluding carboxylic acids is 1. The van der Waals surface area contributed by atoms with Crippen molar-refractivity contribution in [3.05, 3.63) is 42.1 Å². The van der Waals surface area contributed by atoms with Crippen LogP contribution in [0.3, 0.4) is 0 Å². The molecule has 0 spiro atoms. The first-order valence-corrected chi connectivity index (χ1v) is 3.92. The number of primary amides is 1. The van der Waals surface area contributed by atoms with Crippen molar-refractivity contribution < 1.29 is 4.79 Å². The topological polar surface area (TPSA) is 56.0 Å². The Morgan fingerprint density at radius 2 is 2.08 bits per heavy atom. The fourth-order valence-electron chi connectivity index (χ4n) is 1.21. The minimum absolute atomic E-state index is 0.443. The van der Waals surface area contributed by atoms with Gasteiger partial charge in [-0.15, -0.1) is 0 Å². The van der Waals surface area contributed by atoms with Crippen molar-refractivity contribution in [2.45, 2.75) is 0 Å². The van der Waals surface area contributed by atoms with E-state index in [0.29, 0.717) is 5.56 Å². The molecule has 0 bridgehead atoms. The van der Waals surface area contributed by atoms with Gasteiger partial charge in [-0.25, -0.2) is 0 Å². The Morgan fingerprint density at radius 3 is 2.85 bits per heavy atom. The van der Waals surface area contributed by atoms with Gasteiger partial charge in [0.2, 0.25) is 5.91 Å². The lowest BCUT2D eigenvalue weighted by Crippen LogP contribution is -2.10. The van der Waals surface area contributed by atoms with Gasteiger partial charge in [0.15, 0.2) is 0 Å². The number of nitrogens with two attached hydrogens (primary N) is 1. The first kappa shape index (κ1) is 7.73. The highest BCUT2D eigenvalue weighted by Gasteiger charge is 2.01. The molecule has 2 aromatic rings. The third-order valence-electron chi connectivity index (χ3n) is 1.87.